The summed E-state index contributed by atoms with van der Waals surface area (Å²) in [5.74, 6) is 1.88. The van der Waals surface area contributed by atoms with Crippen LogP contribution in [0.25, 0.3) is 23.2 Å². The number of methoxy groups -OCH3 is 1. The van der Waals surface area contributed by atoms with E-state index < -0.39 is 0 Å². The highest BCUT2D eigenvalue weighted by molar-refractivity contribution is 7.15. The fourth-order valence-electron chi connectivity index (χ4n) is 3.52. The first kappa shape index (κ1) is 23.7. The Balaban J connectivity index is 1.51. The monoisotopic (exact) mass is 475 g/mol. The predicted octanol–water partition coefficient (Wildman–Crippen LogP) is 5.15. The first-order valence-corrected chi connectivity index (χ1v) is 12.4. The van der Waals surface area contributed by atoms with Gasteiger partial charge in [0.2, 0.25) is 4.96 Å². The summed E-state index contributed by atoms with van der Waals surface area (Å²) in [5, 5.41) is 4.36. The summed E-state index contributed by atoms with van der Waals surface area (Å²) < 4.78 is 13.3. The third-order valence-electron chi connectivity index (χ3n) is 5.44. The minimum Gasteiger partial charge on any atom is -0.493 e. The van der Waals surface area contributed by atoms with Crippen molar-refractivity contribution in [2.24, 2.45) is 0 Å². The Morgan fingerprint density at radius 1 is 1.00 bits per heavy atom. The van der Waals surface area contributed by atoms with Crippen LogP contribution in [-0.2, 0) is 0 Å². The van der Waals surface area contributed by atoms with E-state index in [1.165, 1.54) is 34.3 Å². The molecular weight excluding hydrogens is 446 g/mol. The molecule has 0 radical (unpaired) electrons. The number of fused-ring (bicyclic) bond motifs is 1. The highest BCUT2D eigenvalue weighted by Crippen LogP contribution is 2.28. The molecule has 0 N–H and O–H groups in total. The summed E-state index contributed by atoms with van der Waals surface area (Å²) in [7, 11) is 1.62. The van der Waals surface area contributed by atoms with E-state index >= 15 is 0 Å². The van der Waals surface area contributed by atoms with Crippen LogP contribution < -0.4 is 19.6 Å². The number of nitrogens with zero attached hydrogens (tertiary/aromatic N) is 3. The summed E-state index contributed by atoms with van der Waals surface area (Å²) in [5.41, 5.74) is 2.94. The predicted molar refractivity (Wildman–Crippen MR) is 139 cm³/mol. The largest absolute Gasteiger partial charge is 0.493 e. The molecule has 0 fully saturated rings. The molecule has 7 heteroatoms. The van der Waals surface area contributed by atoms with E-state index in [0.717, 1.165) is 24.0 Å². The number of hydrogen-bond acceptors (Lipinski definition) is 6. The molecule has 4 aromatic rings. The van der Waals surface area contributed by atoms with Gasteiger partial charge in [0.25, 0.3) is 5.56 Å². The molecule has 4 rings (SSSR count). The van der Waals surface area contributed by atoms with Crippen molar-refractivity contribution >= 4 is 34.5 Å². The first-order chi connectivity index (χ1) is 16.6. The van der Waals surface area contributed by atoms with Crippen molar-refractivity contribution in [1.82, 2.24) is 14.6 Å². The van der Waals surface area contributed by atoms with Crippen LogP contribution in [-0.4, -0.2) is 28.3 Å². The average Bonchev–Trinajstić information content (AvgIpc) is 3.37. The molecule has 0 unspecified atom stereocenters. The zero-order chi connectivity index (χ0) is 23.9. The Morgan fingerprint density at radius 3 is 2.53 bits per heavy atom. The van der Waals surface area contributed by atoms with Crippen molar-refractivity contribution in [3.63, 3.8) is 0 Å². The van der Waals surface area contributed by atoms with Gasteiger partial charge in [-0.2, -0.15) is 9.50 Å². The van der Waals surface area contributed by atoms with Gasteiger partial charge in [-0.05, 0) is 48.8 Å². The average molecular weight is 476 g/mol. The van der Waals surface area contributed by atoms with Crippen LogP contribution in [0.2, 0.25) is 0 Å². The highest BCUT2D eigenvalue weighted by Gasteiger charge is 2.10. The third-order valence-corrected chi connectivity index (χ3v) is 6.40. The molecule has 2 aromatic carbocycles. The maximum atomic E-state index is 12.9. The molecule has 0 aliphatic heterocycles. The van der Waals surface area contributed by atoms with Gasteiger partial charge in [-0.15, -0.1) is 5.10 Å². The lowest BCUT2D eigenvalue weighted by Gasteiger charge is -2.11. The molecule has 0 saturated carbocycles. The Bertz CT molecular complexity index is 1390. The molecule has 6 nitrogen and oxygen atoms in total. The minimum absolute atomic E-state index is 0.183. The quantitative estimate of drug-likeness (QED) is 0.297. The van der Waals surface area contributed by atoms with Gasteiger partial charge in [0.05, 0.1) is 18.2 Å². The van der Waals surface area contributed by atoms with E-state index in [9.17, 15) is 4.79 Å². The Hall–Kier alpha value is -3.45. The van der Waals surface area contributed by atoms with E-state index in [2.05, 4.69) is 36.1 Å². The van der Waals surface area contributed by atoms with Crippen LogP contribution in [0.4, 0.5) is 0 Å². The van der Waals surface area contributed by atoms with Gasteiger partial charge in [-0.3, -0.25) is 4.79 Å². The van der Waals surface area contributed by atoms with Crippen LogP contribution in [0.3, 0.4) is 0 Å². The van der Waals surface area contributed by atoms with Crippen LogP contribution in [0.15, 0.2) is 47.3 Å². The molecule has 0 amide bonds. The van der Waals surface area contributed by atoms with Crippen molar-refractivity contribution in [2.45, 2.75) is 39.5 Å². The topological polar surface area (TPSA) is 65.7 Å². The van der Waals surface area contributed by atoms with Gasteiger partial charge in [0, 0.05) is 0 Å². The van der Waals surface area contributed by atoms with E-state index in [4.69, 9.17) is 9.47 Å². The molecule has 176 valence electrons. The van der Waals surface area contributed by atoms with Crippen molar-refractivity contribution < 1.29 is 9.47 Å². The number of aromatic nitrogens is 3. The molecule has 2 aromatic heterocycles. The number of unbranched alkanes of at least 4 members (excludes halogenated alkanes) is 3. The van der Waals surface area contributed by atoms with Gasteiger partial charge in [-0.25, -0.2) is 0 Å². The molecule has 0 bridgehead atoms. The standard InChI is InChI=1S/C27H29N3O3S/c1-4-5-6-7-16-33-22-14-12-21(17-23(22)32-3)18-24-26(31)30-27(34-24)28-25(29-30)15-13-20-10-8-19(2)9-11-20/h8-15,17-18H,4-7,16H2,1-3H3. The van der Waals surface area contributed by atoms with Crippen molar-refractivity contribution in [3.8, 4) is 11.5 Å². The number of thiazole rings is 1. The summed E-state index contributed by atoms with van der Waals surface area (Å²) in [6.07, 6.45) is 10.2. The van der Waals surface area contributed by atoms with E-state index in [0.29, 0.717) is 33.4 Å². The fourth-order valence-corrected chi connectivity index (χ4v) is 4.44. The Labute approximate surface area is 203 Å². The first-order valence-electron chi connectivity index (χ1n) is 11.5. The molecule has 0 saturated heterocycles. The maximum Gasteiger partial charge on any atom is 0.291 e. The number of rotatable bonds is 10. The van der Waals surface area contributed by atoms with Gasteiger partial charge >= 0.3 is 0 Å². The number of ether oxygens (including phenoxy) is 2. The molecule has 34 heavy (non-hydrogen) atoms. The SMILES string of the molecule is CCCCCCOc1ccc(C=c2sc3nc(C=Cc4ccc(C)cc4)nn3c2=O)cc1OC. The van der Waals surface area contributed by atoms with Crippen molar-refractivity contribution in [2.75, 3.05) is 13.7 Å². The number of hydrogen-bond donors (Lipinski definition) is 0. The molecule has 0 spiro atoms. The minimum atomic E-state index is -0.183. The lowest BCUT2D eigenvalue weighted by atomic mass is 10.1. The normalized spacial score (nSPS) is 12.1. The Kier molecular flexibility index (Phi) is 7.75. The second-order valence-electron chi connectivity index (χ2n) is 8.14. The van der Waals surface area contributed by atoms with Gasteiger partial charge in [-0.1, -0.05) is 79.5 Å². The molecular formula is C27H29N3O3S. The van der Waals surface area contributed by atoms with E-state index in [1.807, 2.05) is 48.6 Å². The van der Waals surface area contributed by atoms with Gasteiger partial charge in [0.1, 0.15) is 0 Å². The van der Waals surface area contributed by atoms with Gasteiger partial charge in [0.15, 0.2) is 17.3 Å². The lowest BCUT2D eigenvalue weighted by Crippen LogP contribution is -2.23. The number of benzene rings is 2. The molecule has 0 aliphatic carbocycles. The Morgan fingerprint density at radius 2 is 1.79 bits per heavy atom. The summed E-state index contributed by atoms with van der Waals surface area (Å²) in [4.78, 5) is 17.9. The van der Waals surface area contributed by atoms with Crippen LogP contribution in [0.5, 0.6) is 11.5 Å². The third kappa shape index (κ3) is 5.72. The lowest BCUT2D eigenvalue weighted by molar-refractivity contribution is 0.285. The summed E-state index contributed by atoms with van der Waals surface area (Å²) in [6.45, 7) is 4.91. The second-order valence-corrected chi connectivity index (χ2v) is 9.15. The zero-order valence-electron chi connectivity index (χ0n) is 19.8. The van der Waals surface area contributed by atoms with Crippen LogP contribution in [0, 0.1) is 6.92 Å². The van der Waals surface area contributed by atoms with Gasteiger partial charge < -0.3 is 9.47 Å². The summed E-state index contributed by atoms with van der Waals surface area (Å²) >= 11 is 1.32. The van der Waals surface area contributed by atoms with Crippen molar-refractivity contribution in [3.05, 3.63) is 79.9 Å². The maximum absolute atomic E-state index is 12.9. The second kappa shape index (κ2) is 11.1. The molecule has 0 atom stereocenters. The zero-order valence-corrected chi connectivity index (χ0v) is 20.6. The fraction of sp³-hybridized carbons (Fsp3) is 0.296. The van der Waals surface area contributed by atoms with Crippen LogP contribution >= 0.6 is 11.3 Å². The smallest absolute Gasteiger partial charge is 0.291 e. The summed E-state index contributed by atoms with van der Waals surface area (Å²) in [6, 6.07) is 13.9. The van der Waals surface area contributed by atoms with E-state index in [1.54, 1.807) is 7.11 Å². The van der Waals surface area contributed by atoms with Crippen molar-refractivity contribution in [1.29, 1.82) is 0 Å². The molecule has 2 heterocycles. The highest BCUT2D eigenvalue weighted by atomic mass is 32.1. The molecule has 0 aliphatic rings. The van der Waals surface area contributed by atoms with Crippen LogP contribution in [0.1, 0.15) is 55.1 Å². The van der Waals surface area contributed by atoms with E-state index in [-0.39, 0.29) is 5.56 Å². The number of aryl methyl sites for hydroxylation is 1.